The van der Waals surface area contributed by atoms with E-state index in [4.69, 9.17) is 0 Å². The minimum atomic E-state index is 0.233. The Labute approximate surface area is 183 Å². The molecule has 0 aliphatic heterocycles. The SMILES string of the molecule is C/C=C(\C)c1cccc(C)c1C(C)(C)CCC1(C)CCC(C)CC1.C=CC.CC. The van der Waals surface area contributed by atoms with Gasteiger partial charge >= 0.3 is 0 Å². The fourth-order valence-electron chi connectivity index (χ4n) is 4.50. The summed E-state index contributed by atoms with van der Waals surface area (Å²) in [6.07, 6.45) is 12.3. The Morgan fingerprint density at radius 1 is 1.17 bits per heavy atom. The predicted octanol–water partition coefficient (Wildman–Crippen LogP) is 9.91. The van der Waals surface area contributed by atoms with Gasteiger partial charge in [0.1, 0.15) is 0 Å². The van der Waals surface area contributed by atoms with Crippen LogP contribution in [0.5, 0.6) is 0 Å². The highest BCUT2D eigenvalue weighted by Gasteiger charge is 2.33. The summed E-state index contributed by atoms with van der Waals surface area (Å²) in [5, 5.41) is 0. The van der Waals surface area contributed by atoms with Gasteiger partial charge in [0.15, 0.2) is 0 Å². The van der Waals surface area contributed by atoms with Gasteiger partial charge < -0.3 is 0 Å². The van der Waals surface area contributed by atoms with Gasteiger partial charge in [0.05, 0.1) is 0 Å². The van der Waals surface area contributed by atoms with Gasteiger partial charge in [-0.1, -0.05) is 84.7 Å². The van der Waals surface area contributed by atoms with Crippen LogP contribution in [-0.4, -0.2) is 0 Å². The molecular weight excluding hydrogens is 348 g/mol. The van der Waals surface area contributed by atoms with E-state index in [9.17, 15) is 0 Å². The lowest BCUT2D eigenvalue weighted by Gasteiger charge is -2.39. The first-order valence-electron chi connectivity index (χ1n) is 11.9. The summed E-state index contributed by atoms with van der Waals surface area (Å²) in [6.45, 7) is 25.8. The highest BCUT2D eigenvalue weighted by atomic mass is 14.4. The normalized spacial score (nSPS) is 22.0. The van der Waals surface area contributed by atoms with Crippen LogP contribution in [-0.2, 0) is 5.41 Å². The van der Waals surface area contributed by atoms with Crippen LogP contribution in [0.25, 0.3) is 5.57 Å². The summed E-state index contributed by atoms with van der Waals surface area (Å²) in [5.74, 6) is 0.936. The molecule has 1 aromatic carbocycles. The molecule has 166 valence electrons. The van der Waals surface area contributed by atoms with Crippen molar-refractivity contribution in [2.75, 3.05) is 0 Å². The Kier molecular flexibility index (Phi) is 12.5. The lowest BCUT2D eigenvalue weighted by Crippen LogP contribution is -2.28. The van der Waals surface area contributed by atoms with Gasteiger partial charge in [-0.05, 0) is 92.4 Å². The third-order valence-electron chi connectivity index (χ3n) is 6.64. The first-order chi connectivity index (χ1) is 13.6. The molecular formula is C29H50. The molecule has 0 bridgehead atoms. The van der Waals surface area contributed by atoms with Crippen molar-refractivity contribution >= 4 is 5.57 Å². The summed E-state index contributed by atoms with van der Waals surface area (Å²) in [7, 11) is 0. The number of rotatable bonds is 5. The van der Waals surface area contributed by atoms with Crippen molar-refractivity contribution in [1.82, 2.24) is 0 Å². The molecule has 1 saturated carbocycles. The first kappa shape index (κ1) is 27.7. The van der Waals surface area contributed by atoms with Crippen molar-refractivity contribution in [2.24, 2.45) is 11.3 Å². The Morgan fingerprint density at radius 3 is 2.17 bits per heavy atom. The highest BCUT2D eigenvalue weighted by Crippen LogP contribution is 2.45. The second kappa shape index (κ2) is 13.1. The molecule has 1 aromatic rings. The van der Waals surface area contributed by atoms with Gasteiger partial charge in [0.25, 0.3) is 0 Å². The minimum absolute atomic E-state index is 0.233. The van der Waals surface area contributed by atoms with Crippen molar-refractivity contribution in [2.45, 2.75) is 113 Å². The van der Waals surface area contributed by atoms with Gasteiger partial charge in [0, 0.05) is 0 Å². The van der Waals surface area contributed by atoms with Crippen molar-refractivity contribution in [1.29, 1.82) is 0 Å². The maximum Gasteiger partial charge on any atom is -0.00947 e. The zero-order chi connectivity index (χ0) is 22.7. The van der Waals surface area contributed by atoms with Crippen molar-refractivity contribution in [3.8, 4) is 0 Å². The molecule has 0 unspecified atom stereocenters. The van der Waals surface area contributed by atoms with E-state index >= 15 is 0 Å². The molecule has 1 aliphatic rings. The van der Waals surface area contributed by atoms with Crippen LogP contribution in [0.15, 0.2) is 36.9 Å². The van der Waals surface area contributed by atoms with Crippen LogP contribution in [0.4, 0.5) is 0 Å². The maximum absolute atomic E-state index is 3.36. The highest BCUT2D eigenvalue weighted by molar-refractivity contribution is 5.68. The van der Waals surface area contributed by atoms with Crippen LogP contribution < -0.4 is 0 Å². The number of allylic oxidation sites excluding steroid dienone is 3. The van der Waals surface area contributed by atoms with Crippen LogP contribution in [0.3, 0.4) is 0 Å². The third-order valence-corrected chi connectivity index (χ3v) is 6.64. The topological polar surface area (TPSA) is 0 Å². The van der Waals surface area contributed by atoms with E-state index in [1.807, 2.05) is 20.8 Å². The Hall–Kier alpha value is -1.30. The van der Waals surface area contributed by atoms with E-state index in [1.165, 1.54) is 55.2 Å². The molecule has 0 amide bonds. The molecule has 0 atom stereocenters. The molecule has 0 aromatic heterocycles. The number of aryl methyl sites for hydroxylation is 1. The van der Waals surface area contributed by atoms with Gasteiger partial charge in [-0.15, -0.1) is 6.58 Å². The molecule has 0 radical (unpaired) electrons. The number of hydrogen-bond donors (Lipinski definition) is 0. The summed E-state index contributed by atoms with van der Waals surface area (Å²) in [5.41, 5.74) is 6.65. The molecule has 2 rings (SSSR count). The molecule has 0 N–H and O–H groups in total. The van der Waals surface area contributed by atoms with Crippen LogP contribution >= 0.6 is 0 Å². The van der Waals surface area contributed by atoms with E-state index < -0.39 is 0 Å². The molecule has 29 heavy (non-hydrogen) atoms. The lowest BCUT2D eigenvalue weighted by molar-refractivity contribution is 0.150. The molecule has 0 heteroatoms. The average Bonchev–Trinajstić information content (AvgIpc) is 2.70. The summed E-state index contributed by atoms with van der Waals surface area (Å²) >= 11 is 0. The van der Waals surface area contributed by atoms with E-state index in [0.717, 1.165) is 5.92 Å². The zero-order valence-electron chi connectivity index (χ0n) is 21.4. The van der Waals surface area contributed by atoms with Crippen LogP contribution in [0.1, 0.15) is 118 Å². The standard InChI is InChI=1S/C24H38.C3H6.C2H6/c1-8-19(3)21-11-9-10-20(4)22(21)23(5,6)16-17-24(7)14-12-18(2)13-15-24;1-3-2;1-2/h8-11,18H,12-17H2,1-7H3;3H,1H2,2H3;1-2H3/b19-8+;;. The van der Waals surface area contributed by atoms with E-state index in [1.54, 1.807) is 11.6 Å². The Bertz CT molecular complexity index is 621. The summed E-state index contributed by atoms with van der Waals surface area (Å²) in [4.78, 5) is 0. The second-order valence-electron chi connectivity index (χ2n) is 9.75. The lowest BCUT2D eigenvalue weighted by atomic mass is 9.66. The van der Waals surface area contributed by atoms with Gasteiger partial charge in [-0.2, -0.15) is 0 Å². The molecule has 1 fully saturated rings. The van der Waals surface area contributed by atoms with E-state index in [-0.39, 0.29) is 5.41 Å². The van der Waals surface area contributed by atoms with E-state index in [0.29, 0.717) is 5.41 Å². The van der Waals surface area contributed by atoms with Crippen molar-refractivity contribution < 1.29 is 0 Å². The Morgan fingerprint density at radius 2 is 1.69 bits per heavy atom. The fraction of sp³-hybridized carbons (Fsp3) is 0.655. The predicted molar refractivity (Wildman–Crippen MR) is 136 cm³/mol. The van der Waals surface area contributed by atoms with Crippen LogP contribution in [0, 0.1) is 18.3 Å². The van der Waals surface area contributed by atoms with Gasteiger partial charge in [0.2, 0.25) is 0 Å². The van der Waals surface area contributed by atoms with E-state index in [2.05, 4.69) is 79.3 Å². The van der Waals surface area contributed by atoms with Crippen LogP contribution in [0.2, 0.25) is 0 Å². The average molecular weight is 399 g/mol. The van der Waals surface area contributed by atoms with Gasteiger partial charge in [-0.3, -0.25) is 0 Å². The minimum Gasteiger partial charge on any atom is -0.103 e. The van der Waals surface area contributed by atoms with Crippen molar-refractivity contribution in [3.63, 3.8) is 0 Å². The van der Waals surface area contributed by atoms with Crippen molar-refractivity contribution in [3.05, 3.63) is 53.6 Å². The molecule has 0 spiro atoms. The zero-order valence-corrected chi connectivity index (χ0v) is 21.4. The largest absolute Gasteiger partial charge is 0.103 e. The third kappa shape index (κ3) is 8.53. The molecule has 0 saturated heterocycles. The smallest absolute Gasteiger partial charge is 0.00947 e. The summed E-state index contributed by atoms with van der Waals surface area (Å²) in [6, 6.07) is 6.80. The maximum atomic E-state index is 3.36. The number of benzene rings is 1. The first-order valence-corrected chi connectivity index (χ1v) is 11.9. The molecule has 0 nitrogen and oxygen atoms in total. The monoisotopic (exact) mass is 398 g/mol. The molecule has 0 heterocycles. The summed E-state index contributed by atoms with van der Waals surface area (Å²) < 4.78 is 0. The second-order valence-corrected chi connectivity index (χ2v) is 9.75. The molecule has 1 aliphatic carbocycles. The Balaban J connectivity index is 0.00000143. The fourth-order valence-corrected chi connectivity index (χ4v) is 4.50. The quantitative estimate of drug-likeness (QED) is 0.433. The number of hydrogen-bond acceptors (Lipinski definition) is 0. The van der Waals surface area contributed by atoms with Gasteiger partial charge in [-0.25, -0.2) is 0 Å².